The number of benzene rings is 1. The molecule has 2 aromatic rings. The van der Waals surface area contributed by atoms with E-state index in [0.29, 0.717) is 6.42 Å². The molecule has 0 radical (unpaired) electrons. The van der Waals surface area contributed by atoms with Crippen molar-refractivity contribution in [2.75, 3.05) is 0 Å². The average molecular weight is 283 g/mol. The monoisotopic (exact) mass is 283 g/mol. The first-order valence-electron chi connectivity index (χ1n) is 7.59. The minimum atomic E-state index is -0.0464. The van der Waals surface area contributed by atoms with Crippen molar-refractivity contribution in [1.29, 1.82) is 0 Å². The van der Waals surface area contributed by atoms with Crippen LogP contribution < -0.4 is 5.73 Å². The maximum atomic E-state index is 12.4. The predicted octanol–water partition coefficient (Wildman–Crippen LogP) is 2.46. The predicted molar refractivity (Wildman–Crippen MR) is 84.0 cm³/mol. The quantitative estimate of drug-likeness (QED) is 0.857. The number of nitrogens with zero attached hydrogens (tertiary/aromatic N) is 2. The zero-order valence-corrected chi connectivity index (χ0v) is 12.3. The highest BCUT2D eigenvalue weighted by atomic mass is 16.1. The third kappa shape index (κ3) is 2.76. The molecule has 1 aromatic heterocycles. The van der Waals surface area contributed by atoms with Gasteiger partial charge in [0.15, 0.2) is 0 Å². The fraction of sp³-hybridized carbons (Fsp3) is 0.412. The number of aromatic nitrogens is 2. The molecule has 2 atom stereocenters. The summed E-state index contributed by atoms with van der Waals surface area (Å²) in [4.78, 5) is 17.1. The van der Waals surface area contributed by atoms with E-state index in [9.17, 15) is 4.79 Å². The maximum Gasteiger partial charge on any atom is 0.147 e. The maximum absolute atomic E-state index is 12.4. The van der Waals surface area contributed by atoms with Crippen LogP contribution in [0.2, 0.25) is 0 Å². The minimum Gasteiger partial charge on any atom is -0.328 e. The molecule has 21 heavy (non-hydrogen) atoms. The third-order valence-corrected chi connectivity index (χ3v) is 4.04. The summed E-state index contributed by atoms with van der Waals surface area (Å²) in [5.41, 5.74) is 7.91. The standard InChI is InChI=1S/C17H21N3O/c1-2-9-20-15-6-4-3-5-14(15)19-17(20)11-16(21)12-7-8-13(18)10-12/h3-8,12-13H,2,9-11,18H2,1H3. The van der Waals surface area contributed by atoms with Gasteiger partial charge < -0.3 is 10.3 Å². The first-order valence-corrected chi connectivity index (χ1v) is 7.59. The summed E-state index contributed by atoms with van der Waals surface area (Å²) in [6, 6.07) is 8.09. The molecule has 2 unspecified atom stereocenters. The lowest BCUT2D eigenvalue weighted by atomic mass is 10.00. The number of nitrogens with two attached hydrogens (primary N) is 1. The Bertz CT molecular complexity index is 686. The molecule has 0 bridgehead atoms. The van der Waals surface area contributed by atoms with Crippen LogP contribution in [0.4, 0.5) is 0 Å². The van der Waals surface area contributed by atoms with E-state index in [0.717, 1.165) is 36.2 Å². The second-order valence-electron chi connectivity index (χ2n) is 5.70. The Labute approximate surface area is 124 Å². The molecule has 1 heterocycles. The molecule has 4 heteroatoms. The van der Waals surface area contributed by atoms with Gasteiger partial charge in [-0.15, -0.1) is 0 Å². The van der Waals surface area contributed by atoms with Crippen molar-refractivity contribution in [1.82, 2.24) is 9.55 Å². The molecule has 0 fully saturated rings. The molecule has 1 aliphatic rings. The lowest BCUT2D eigenvalue weighted by Gasteiger charge is -2.10. The van der Waals surface area contributed by atoms with Crippen molar-refractivity contribution < 1.29 is 4.79 Å². The van der Waals surface area contributed by atoms with Gasteiger partial charge in [-0.25, -0.2) is 4.98 Å². The Kier molecular flexibility index (Phi) is 3.88. The van der Waals surface area contributed by atoms with E-state index >= 15 is 0 Å². The minimum absolute atomic E-state index is 0.0217. The molecule has 0 spiro atoms. The van der Waals surface area contributed by atoms with Gasteiger partial charge in [0, 0.05) is 18.5 Å². The number of ketones is 1. The zero-order valence-electron chi connectivity index (χ0n) is 12.3. The summed E-state index contributed by atoms with van der Waals surface area (Å²) in [5, 5.41) is 0. The molecule has 110 valence electrons. The van der Waals surface area contributed by atoms with E-state index in [-0.39, 0.29) is 17.7 Å². The fourth-order valence-electron chi connectivity index (χ4n) is 2.99. The summed E-state index contributed by atoms with van der Waals surface area (Å²) in [5.74, 6) is 1.04. The lowest BCUT2D eigenvalue weighted by Crippen LogP contribution is -2.21. The van der Waals surface area contributed by atoms with Gasteiger partial charge in [-0.2, -0.15) is 0 Å². The number of Topliss-reactive ketones (excluding diaryl/α,β-unsaturated/α-hetero) is 1. The molecular formula is C17H21N3O. The molecular weight excluding hydrogens is 262 g/mol. The molecule has 0 saturated heterocycles. The average Bonchev–Trinajstić information content (AvgIpc) is 3.04. The number of aryl methyl sites for hydroxylation is 1. The number of fused-ring (bicyclic) bond motifs is 1. The molecule has 3 rings (SSSR count). The number of allylic oxidation sites excluding steroid dienone is 1. The molecule has 1 aromatic carbocycles. The van der Waals surface area contributed by atoms with E-state index < -0.39 is 0 Å². The molecule has 2 N–H and O–H groups in total. The molecule has 0 amide bonds. The third-order valence-electron chi connectivity index (χ3n) is 4.04. The number of para-hydroxylation sites is 2. The number of hydrogen-bond donors (Lipinski definition) is 1. The van der Waals surface area contributed by atoms with E-state index in [2.05, 4.69) is 22.5 Å². The first kappa shape index (κ1) is 14.0. The molecule has 0 saturated carbocycles. The van der Waals surface area contributed by atoms with Gasteiger partial charge >= 0.3 is 0 Å². The molecule has 4 nitrogen and oxygen atoms in total. The first-order chi connectivity index (χ1) is 10.2. The Morgan fingerprint density at radius 1 is 1.38 bits per heavy atom. The van der Waals surface area contributed by atoms with Crippen molar-refractivity contribution in [3.8, 4) is 0 Å². The van der Waals surface area contributed by atoms with E-state index in [1.165, 1.54) is 0 Å². The van der Waals surface area contributed by atoms with Gasteiger partial charge in [-0.3, -0.25) is 4.79 Å². The number of hydrogen-bond acceptors (Lipinski definition) is 3. The van der Waals surface area contributed by atoms with Gasteiger partial charge in [-0.05, 0) is 25.0 Å². The summed E-state index contributed by atoms with van der Waals surface area (Å²) in [6.45, 7) is 3.03. The van der Waals surface area contributed by atoms with Crippen molar-refractivity contribution >= 4 is 16.8 Å². The van der Waals surface area contributed by atoms with Crippen LogP contribution in [0.1, 0.15) is 25.6 Å². The van der Waals surface area contributed by atoms with Crippen LogP contribution >= 0.6 is 0 Å². The van der Waals surface area contributed by atoms with Crippen LogP contribution in [0.3, 0.4) is 0 Å². The summed E-state index contributed by atoms with van der Waals surface area (Å²) in [6.07, 6.45) is 6.01. The van der Waals surface area contributed by atoms with Gasteiger partial charge in [0.05, 0.1) is 17.5 Å². The second-order valence-corrected chi connectivity index (χ2v) is 5.70. The van der Waals surface area contributed by atoms with Crippen LogP contribution in [0.15, 0.2) is 36.4 Å². The SMILES string of the molecule is CCCn1c(CC(=O)C2C=CC(N)C2)nc2ccccc21. The highest BCUT2D eigenvalue weighted by molar-refractivity contribution is 5.86. The fourth-order valence-corrected chi connectivity index (χ4v) is 2.99. The van der Waals surface area contributed by atoms with Crippen LogP contribution in [0.5, 0.6) is 0 Å². The molecule has 1 aliphatic carbocycles. The van der Waals surface area contributed by atoms with Crippen molar-refractivity contribution in [3.63, 3.8) is 0 Å². The smallest absolute Gasteiger partial charge is 0.147 e. The Balaban J connectivity index is 1.87. The normalized spacial score (nSPS) is 21.2. The van der Waals surface area contributed by atoms with Crippen LogP contribution in [-0.4, -0.2) is 21.4 Å². The number of carbonyl (C=O) groups excluding carboxylic acids is 1. The van der Waals surface area contributed by atoms with Gasteiger partial charge in [0.1, 0.15) is 11.6 Å². The summed E-state index contributed by atoms with van der Waals surface area (Å²) >= 11 is 0. The summed E-state index contributed by atoms with van der Waals surface area (Å²) in [7, 11) is 0. The zero-order chi connectivity index (χ0) is 14.8. The van der Waals surface area contributed by atoms with Gasteiger partial charge in [-0.1, -0.05) is 31.2 Å². The van der Waals surface area contributed by atoms with E-state index in [1.807, 2.05) is 30.4 Å². The largest absolute Gasteiger partial charge is 0.328 e. The Hall–Kier alpha value is -1.94. The van der Waals surface area contributed by atoms with Crippen LogP contribution in [-0.2, 0) is 17.8 Å². The van der Waals surface area contributed by atoms with Crippen molar-refractivity contribution in [2.45, 2.75) is 38.8 Å². The number of rotatable bonds is 5. The van der Waals surface area contributed by atoms with Gasteiger partial charge in [0.25, 0.3) is 0 Å². The number of carbonyl (C=O) groups is 1. The topological polar surface area (TPSA) is 60.9 Å². The van der Waals surface area contributed by atoms with Crippen LogP contribution in [0, 0.1) is 5.92 Å². The van der Waals surface area contributed by atoms with Crippen molar-refractivity contribution in [3.05, 3.63) is 42.2 Å². The molecule has 0 aliphatic heterocycles. The Morgan fingerprint density at radius 3 is 2.90 bits per heavy atom. The highest BCUT2D eigenvalue weighted by Crippen LogP contribution is 2.22. The van der Waals surface area contributed by atoms with E-state index in [4.69, 9.17) is 5.73 Å². The second kappa shape index (κ2) is 5.82. The highest BCUT2D eigenvalue weighted by Gasteiger charge is 2.24. The number of imidazole rings is 1. The van der Waals surface area contributed by atoms with Gasteiger partial charge in [0.2, 0.25) is 0 Å². The van der Waals surface area contributed by atoms with Crippen molar-refractivity contribution in [2.24, 2.45) is 11.7 Å². The summed E-state index contributed by atoms with van der Waals surface area (Å²) < 4.78 is 2.17. The Morgan fingerprint density at radius 2 is 2.19 bits per heavy atom. The lowest BCUT2D eigenvalue weighted by molar-refractivity contribution is -0.121. The van der Waals surface area contributed by atoms with Crippen LogP contribution in [0.25, 0.3) is 11.0 Å². The van der Waals surface area contributed by atoms with E-state index in [1.54, 1.807) is 0 Å².